The quantitative estimate of drug-likeness (QED) is 0.857. The summed E-state index contributed by atoms with van der Waals surface area (Å²) >= 11 is 11.8. The van der Waals surface area contributed by atoms with Crippen LogP contribution in [0.5, 0.6) is 0 Å². The van der Waals surface area contributed by atoms with Crippen LogP contribution in [0, 0.1) is 0 Å². The zero-order valence-electron chi connectivity index (χ0n) is 11.8. The highest BCUT2D eigenvalue weighted by molar-refractivity contribution is 6.36. The Morgan fingerprint density at radius 1 is 1.00 bits per heavy atom. The van der Waals surface area contributed by atoms with Crippen molar-refractivity contribution in [1.82, 2.24) is 0 Å². The number of hydrogen-bond acceptors (Lipinski definition) is 2. The first-order valence-corrected chi connectivity index (χ1v) is 7.41. The average Bonchev–Trinajstić information content (AvgIpc) is 2.50. The Balaban J connectivity index is 2.08. The fourth-order valence-corrected chi connectivity index (χ4v) is 2.20. The van der Waals surface area contributed by atoms with Gasteiger partial charge in [0.1, 0.15) is 0 Å². The first-order chi connectivity index (χ1) is 10.5. The molecular formula is C16H14Cl2N2O2. The number of rotatable bonds is 4. The Bertz CT molecular complexity index is 700. The highest BCUT2D eigenvalue weighted by Crippen LogP contribution is 2.25. The molecule has 0 aliphatic carbocycles. The van der Waals surface area contributed by atoms with Crippen LogP contribution in [-0.2, 0) is 4.79 Å². The van der Waals surface area contributed by atoms with E-state index in [-0.39, 0.29) is 11.8 Å². The van der Waals surface area contributed by atoms with Crippen LogP contribution in [0.2, 0.25) is 10.0 Å². The normalized spacial score (nSPS) is 10.1. The van der Waals surface area contributed by atoms with Gasteiger partial charge in [0.2, 0.25) is 5.91 Å². The number of hydrogen-bond donors (Lipinski definition) is 2. The van der Waals surface area contributed by atoms with Gasteiger partial charge >= 0.3 is 0 Å². The van der Waals surface area contributed by atoms with Gasteiger partial charge in [-0.15, -0.1) is 0 Å². The van der Waals surface area contributed by atoms with E-state index in [2.05, 4.69) is 10.6 Å². The van der Waals surface area contributed by atoms with Crippen molar-refractivity contribution in [2.75, 3.05) is 10.6 Å². The number of anilines is 2. The van der Waals surface area contributed by atoms with Gasteiger partial charge < -0.3 is 10.6 Å². The summed E-state index contributed by atoms with van der Waals surface area (Å²) in [5.41, 5.74) is 1.59. The molecule has 4 nitrogen and oxygen atoms in total. The van der Waals surface area contributed by atoms with Crippen molar-refractivity contribution < 1.29 is 9.59 Å². The zero-order valence-corrected chi connectivity index (χ0v) is 13.3. The van der Waals surface area contributed by atoms with Crippen molar-refractivity contribution in [2.24, 2.45) is 0 Å². The fraction of sp³-hybridized carbons (Fsp3) is 0.125. The topological polar surface area (TPSA) is 58.2 Å². The summed E-state index contributed by atoms with van der Waals surface area (Å²) in [5.74, 6) is -0.372. The minimum Gasteiger partial charge on any atom is -0.326 e. The Labute approximate surface area is 138 Å². The molecule has 0 atom stereocenters. The molecule has 2 rings (SSSR count). The molecular weight excluding hydrogens is 323 g/mol. The van der Waals surface area contributed by atoms with Crippen LogP contribution in [0.3, 0.4) is 0 Å². The van der Waals surface area contributed by atoms with Crippen LogP contribution in [0.1, 0.15) is 23.7 Å². The maximum atomic E-state index is 12.2. The molecule has 0 bridgehead atoms. The van der Waals surface area contributed by atoms with E-state index in [9.17, 15) is 9.59 Å². The predicted molar refractivity (Wildman–Crippen MR) is 89.8 cm³/mol. The van der Waals surface area contributed by atoms with Gasteiger partial charge in [0, 0.05) is 22.7 Å². The standard InChI is InChI=1S/C16H14Cl2N2O2/c1-2-15(21)19-12-6-3-10(4-7-12)16(22)20-14-8-5-11(17)9-13(14)18/h3-9H,2H2,1H3,(H,19,21)(H,20,22). The molecule has 0 saturated carbocycles. The molecule has 22 heavy (non-hydrogen) atoms. The Hall–Kier alpha value is -2.04. The van der Waals surface area contributed by atoms with E-state index in [0.717, 1.165) is 0 Å². The first kappa shape index (κ1) is 16.3. The highest BCUT2D eigenvalue weighted by Gasteiger charge is 2.09. The maximum Gasteiger partial charge on any atom is 0.255 e. The zero-order chi connectivity index (χ0) is 16.1. The Morgan fingerprint density at radius 2 is 1.68 bits per heavy atom. The number of carbonyl (C=O) groups is 2. The molecule has 2 aromatic rings. The van der Waals surface area contributed by atoms with Gasteiger partial charge in [-0.2, -0.15) is 0 Å². The summed E-state index contributed by atoms with van der Waals surface area (Å²) in [4.78, 5) is 23.4. The summed E-state index contributed by atoms with van der Waals surface area (Å²) < 4.78 is 0. The Kier molecular flexibility index (Phi) is 5.41. The van der Waals surface area contributed by atoms with Crippen molar-refractivity contribution in [3.8, 4) is 0 Å². The molecule has 0 aliphatic heterocycles. The third-order valence-electron chi connectivity index (χ3n) is 2.93. The lowest BCUT2D eigenvalue weighted by Gasteiger charge is -2.08. The van der Waals surface area contributed by atoms with E-state index in [1.807, 2.05) is 0 Å². The minimum atomic E-state index is -0.294. The lowest BCUT2D eigenvalue weighted by atomic mass is 10.2. The third-order valence-corrected chi connectivity index (χ3v) is 3.48. The van der Waals surface area contributed by atoms with Gasteiger partial charge in [-0.1, -0.05) is 30.1 Å². The molecule has 0 fully saturated rings. The molecule has 2 N–H and O–H groups in total. The summed E-state index contributed by atoms with van der Waals surface area (Å²) in [6.45, 7) is 1.77. The summed E-state index contributed by atoms with van der Waals surface area (Å²) in [6.07, 6.45) is 0.400. The largest absolute Gasteiger partial charge is 0.326 e. The number of benzene rings is 2. The van der Waals surface area contributed by atoms with E-state index >= 15 is 0 Å². The number of halogens is 2. The highest BCUT2D eigenvalue weighted by atomic mass is 35.5. The molecule has 0 heterocycles. The average molecular weight is 337 g/mol. The second-order valence-corrected chi connectivity index (χ2v) is 5.40. The number of carbonyl (C=O) groups excluding carboxylic acids is 2. The molecule has 2 amide bonds. The van der Waals surface area contributed by atoms with Crippen LogP contribution in [0.25, 0.3) is 0 Å². The Morgan fingerprint density at radius 3 is 2.27 bits per heavy atom. The van der Waals surface area contributed by atoms with Crippen molar-refractivity contribution >= 4 is 46.4 Å². The molecule has 114 valence electrons. The third kappa shape index (κ3) is 4.23. The monoisotopic (exact) mass is 336 g/mol. The molecule has 0 aromatic heterocycles. The lowest BCUT2D eigenvalue weighted by Crippen LogP contribution is -2.13. The van der Waals surface area contributed by atoms with Crippen LogP contribution < -0.4 is 10.6 Å². The van der Waals surface area contributed by atoms with E-state index in [1.165, 1.54) is 0 Å². The fourth-order valence-electron chi connectivity index (χ4n) is 1.74. The van der Waals surface area contributed by atoms with Gasteiger partial charge in [-0.05, 0) is 42.5 Å². The smallest absolute Gasteiger partial charge is 0.255 e. The number of amides is 2. The second kappa shape index (κ2) is 7.29. The number of nitrogens with one attached hydrogen (secondary N) is 2. The molecule has 0 spiro atoms. The molecule has 0 aliphatic rings. The first-order valence-electron chi connectivity index (χ1n) is 6.66. The van der Waals surface area contributed by atoms with E-state index in [1.54, 1.807) is 49.4 Å². The van der Waals surface area contributed by atoms with E-state index in [4.69, 9.17) is 23.2 Å². The van der Waals surface area contributed by atoms with Crippen molar-refractivity contribution in [3.63, 3.8) is 0 Å². The summed E-state index contributed by atoms with van der Waals surface area (Å²) in [7, 11) is 0. The maximum absolute atomic E-state index is 12.2. The van der Waals surface area contributed by atoms with E-state index in [0.29, 0.717) is 33.4 Å². The van der Waals surface area contributed by atoms with Crippen LogP contribution in [-0.4, -0.2) is 11.8 Å². The lowest BCUT2D eigenvalue weighted by molar-refractivity contribution is -0.115. The molecule has 2 aromatic carbocycles. The molecule has 0 unspecified atom stereocenters. The molecule has 0 radical (unpaired) electrons. The van der Waals surface area contributed by atoms with Crippen molar-refractivity contribution in [1.29, 1.82) is 0 Å². The van der Waals surface area contributed by atoms with Crippen molar-refractivity contribution in [2.45, 2.75) is 13.3 Å². The summed E-state index contributed by atoms with van der Waals surface area (Å²) in [6, 6.07) is 11.4. The molecule has 0 saturated heterocycles. The summed E-state index contributed by atoms with van der Waals surface area (Å²) in [5, 5.41) is 6.29. The van der Waals surface area contributed by atoms with Gasteiger partial charge in [0.25, 0.3) is 5.91 Å². The molecule has 6 heteroatoms. The van der Waals surface area contributed by atoms with Crippen LogP contribution >= 0.6 is 23.2 Å². The van der Waals surface area contributed by atoms with Gasteiger partial charge in [0.05, 0.1) is 10.7 Å². The second-order valence-electron chi connectivity index (χ2n) is 4.56. The minimum absolute atomic E-state index is 0.0786. The van der Waals surface area contributed by atoms with E-state index < -0.39 is 0 Å². The van der Waals surface area contributed by atoms with Gasteiger partial charge in [0.15, 0.2) is 0 Å². The van der Waals surface area contributed by atoms with Gasteiger partial charge in [-0.3, -0.25) is 9.59 Å². The van der Waals surface area contributed by atoms with Crippen molar-refractivity contribution in [3.05, 3.63) is 58.1 Å². The van der Waals surface area contributed by atoms with Crippen LogP contribution in [0.15, 0.2) is 42.5 Å². The predicted octanol–water partition coefficient (Wildman–Crippen LogP) is 4.59. The SMILES string of the molecule is CCC(=O)Nc1ccc(C(=O)Nc2ccc(Cl)cc2Cl)cc1. The van der Waals surface area contributed by atoms with Crippen LogP contribution in [0.4, 0.5) is 11.4 Å². The van der Waals surface area contributed by atoms with Gasteiger partial charge in [-0.25, -0.2) is 0 Å².